The Balaban J connectivity index is 2.28. The number of methoxy groups -OCH3 is 1. The van der Waals surface area contributed by atoms with E-state index >= 15 is 0 Å². The fraction of sp³-hybridized carbons (Fsp3) is 0.500. The molecule has 0 spiro atoms. The van der Waals surface area contributed by atoms with Crippen molar-refractivity contribution < 1.29 is 17.9 Å². The monoisotopic (exact) mass is 320 g/mol. The molecule has 1 heterocycles. The van der Waals surface area contributed by atoms with Crippen LogP contribution >= 0.6 is 11.6 Å². The minimum Gasteiger partial charge on any atom is -0.497 e. The number of benzene rings is 1. The second-order valence-electron chi connectivity index (χ2n) is 4.69. The first-order chi connectivity index (χ1) is 9.94. The van der Waals surface area contributed by atoms with Crippen molar-refractivity contribution in [2.24, 2.45) is 0 Å². The molecule has 2 aromatic rings. The molecule has 1 aromatic heterocycles. The van der Waals surface area contributed by atoms with Gasteiger partial charge in [0.2, 0.25) is 0 Å². The fourth-order valence-electron chi connectivity index (χ4n) is 2.25. The number of hydrogen-bond acceptors (Lipinski definition) is 2. The van der Waals surface area contributed by atoms with E-state index in [0.29, 0.717) is 29.4 Å². The Morgan fingerprint density at radius 2 is 2.10 bits per heavy atom. The molecular weight excluding hydrogens is 305 g/mol. The topological polar surface area (TPSA) is 27.1 Å². The molecule has 0 bridgehead atoms. The quantitative estimate of drug-likeness (QED) is 0.747. The summed E-state index contributed by atoms with van der Waals surface area (Å²) in [6.07, 6.45) is -4.39. The summed E-state index contributed by atoms with van der Waals surface area (Å²) in [5.41, 5.74) is 1.51. The number of nitrogens with zero attached hydrogens (tertiary/aromatic N) is 2. The third kappa shape index (κ3) is 4.03. The Morgan fingerprint density at radius 3 is 2.71 bits per heavy atom. The van der Waals surface area contributed by atoms with Crippen LogP contribution in [-0.4, -0.2) is 28.7 Å². The summed E-state index contributed by atoms with van der Waals surface area (Å²) in [6, 6.07) is 5.36. The summed E-state index contributed by atoms with van der Waals surface area (Å²) in [6.45, 7) is 0.272. The van der Waals surface area contributed by atoms with Gasteiger partial charge in [0.05, 0.1) is 18.1 Å². The summed E-state index contributed by atoms with van der Waals surface area (Å²) < 4.78 is 43.8. The molecule has 7 heteroatoms. The predicted octanol–water partition coefficient (Wildman–Crippen LogP) is 4.17. The van der Waals surface area contributed by atoms with Crippen molar-refractivity contribution in [3.63, 3.8) is 0 Å². The molecule has 116 valence electrons. The summed E-state index contributed by atoms with van der Waals surface area (Å²) >= 11 is 5.74. The lowest BCUT2D eigenvalue weighted by Crippen LogP contribution is -2.11. The van der Waals surface area contributed by atoms with Crippen molar-refractivity contribution >= 4 is 22.6 Å². The summed E-state index contributed by atoms with van der Waals surface area (Å²) in [7, 11) is 1.56. The van der Waals surface area contributed by atoms with Gasteiger partial charge in [-0.15, -0.1) is 11.6 Å². The zero-order chi connectivity index (χ0) is 15.5. The maximum atomic E-state index is 12.3. The highest BCUT2D eigenvalue weighted by Gasteiger charge is 2.26. The van der Waals surface area contributed by atoms with Gasteiger partial charge >= 0.3 is 6.18 Å². The molecule has 21 heavy (non-hydrogen) atoms. The Kier molecular flexibility index (Phi) is 4.98. The lowest BCUT2D eigenvalue weighted by molar-refractivity contribution is -0.135. The van der Waals surface area contributed by atoms with Crippen LogP contribution in [0.1, 0.15) is 18.7 Å². The molecule has 3 nitrogen and oxygen atoms in total. The van der Waals surface area contributed by atoms with Crippen molar-refractivity contribution in [2.75, 3.05) is 13.0 Å². The summed E-state index contributed by atoms with van der Waals surface area (Å²) in [4.78, 5) is 4.44. The Hall–Kier alpha value is -1.43. The standard InChI is InChI=1S/C14H16ClF3N2O/c1-21-10-3-4-12-11(9-10)19-13(5-7-15)20(12)8-2-6-14(16,17)18/h3-4,9H,2,5-8H2,1H3. The summed E-state index contributed by atoms with van der Waals surface area (Å²) in [5, 5.41) is 0. The number of hydrogen-bond donors (Lipinski definition) is 0. The van der Waals surface area contributed by atoms with E-state index in [1.807, 2.05) is 10.6 Å². The molecule has 0 amide bonds. The number of fused-ring (bicyclic) bond motifs is 1. The van der Waals surface area contributed by atoms with Crippen LogP contribution in [0.4, 0.5) is 13.2 Å². The number of halogens is 4. The molecule has 0 aliphatic heterocycles. The predicted molar refractivity (Wildman–Crippen MR) is 76.0 cm³/mol. The Labute approximate surface area is 125 Å². The molecule has 0 N–H and O–H groups in total. The zero-order valence-electron chi connectivity index (χ0n) is 11.6. The van der Waals surface area contributed by atoms with Crippen molar-refractivity contribution in [3.05, 3.63) is 24.0 Å². The van der Waals surface area contributed by atoms with E-state index in [2.05, 4.69) is 4.98 Å². The van der Waals surface area contributed by atoms with Gasteiger partial charge in [-0.1, -0.05) is 0 Å². The van der Waals surface area contributed by atoms with E-state index in [9.17, 15) is 13.2 Å². The first kappa shape index (κ1) is 15.9. The largest absolute Gasteiger partial charge is 0.497 e. The molecule has 0 fully saturated rings. The molecule has 2 rings (SSSR count). The summed E-state index contributed by atoms with van der Waals surface area (Å²) in [5.74, 6) is 1.75. The van der Waals surface area contributed by atoms with Gasteiger partial charge in [-0.3, -0.25) is 0 Å². The van der Waals surface area contributed by atoms with Crippen LogP contribution in [0.5, 0.6) is 5.75 Å². The van der Waals surface area contributed by atoms with Gasteiger partial charge in [0.1, 0.15) is 11.6 Å². The van der Waals surface area contributed by atoms with Crippen LogP contribution in [0.15, 0.2) is 18.2 Å². The maximum Gasteiger partial charge on any atom is 0.389 e. The van der Waals surface area contributed by atoms with Gasteiger partial charge in [-0.2, -0.15) is 13.2 Å². The third-order valence-electron chi connectivity index (χ3n) is 3.19. The molecule has 0 radical (unpaired) electrons. The van der Waals surface area contributed by atoms with Gasteiger partial charge in [0.25, 0.3) is 0 Å². The van der Waals surface area contributed by atoms with Gasteiger partial charge < -0.3 is 9.30 Å². The molecular formula is C14H16ClF3N2O. The average Bonchev–Trinajstić information content (AvgIpc) is 2.75. The van der Waals surface area contributed by atoms with E-state index in [0.717, 1.165) is 5.52 Å². The first-order valence-corrected chi connectivity index (χ1v) is 7.14. The number of ether oxygens (including phenoxy) is 1. The zero-order valence-corrected chi connectivity index (χ0v) is 12.3. The van der Waals surface area contributed by atoms with Crippen LogP contribution in [0.2, 0.25) is 0 Å². The van der Waals surface area contributed by atoms with Crippen molar-refractivity contribution in [2.45, 2.75) is 32.0 Å². The van der Waals surface area contributed by atoms with Gasteiger partial charge in [0.15, 0.2) is 0 Å². The van der Waals surface area contributed by atoms with E-state index in [1.54, 1.807) is 19.2 Å². The third-order valence-corrected chi connectivity index (χ3v) is 3.38. The number of aryl methyl sites for hydroxylation is 2. The Bertz CT molecular complexity index is 610. The maximum absolute atomic E-state index is 12.3. The minimum absolute atomic E-state index is 0.0241. The van der Waals surface area contributed by atoms with Gasteiger partial charge in [0, 0.05) is 31.3 Å². The first-order valence-electron chi connectivity index (χ1n) is 6.60. The smallest absolute Gasteiger partial charge is 0.389 e. The molecule has 0 aliphatic carbocycles. The van der Waals surface area contributed by atoms with Gasteiger partial charge in [-0.05, 0) is 18.6 Å². The number of imidazole rings is 1. The second-order valence-corrected chi connectivity index (χ2v) is 5.07. The van der Waals surface area contributed by atoms with Crippen LogP contribution in [0.25, 0.3) is 11.0 Å². The number of rotatable bonds is 6. The normalized spacial score (nSPS) is 12.0. The van der Waals surface area contributed by atoms with Crippen molar-refractivity contribution in [1.29, 1.82) is 0 Å². The highest BCUT2D eigenvalue weighted by Crippen LogP contribution is 2.25. The van der Waals surface area contributed by atoms with Crippen LogP contribution in [0, 0.1) is 0 Å². The average molecular weight is 321 g/mol. The molecule has 0 aliphatic rings. The lowest BCUT2D eigenvalue weighted by Gasteiger charge is -2.10. The number of aromatic nitrogens is 2. The SMILES string of the molecule is COc1ccc2c(c1)nc(CCCl)n2CCCC(F)(F)F. The molecule has 0 saturated heterocycles. The van der Waals surface area contributed by atoms with E-state index < -0.39 is 12.6 Å². The van der Waals surface area contributed by atoms with Crippen LogP contribution < -0.4 is 4.74 Å². The van der Waals surface area contributed by atoms with E-state index in [-0.39, 0.29) is 13.0 Å². The minimum atomic E-state index is -4.13. The van der Waals surface area contributed by atoms with Gasteiger partial charge in [-0.25, -0.2) is 4.98 Å². The molecule has 0 saturated carbocycles. The Morgan fingerprint density at radius 1 is 1.33 bits per heavy atom. The molecule has 0 atom stereocenters. The fourth-order valence-corrected chi connectivity index (χ4v) is 2.42. The van der Waals surface area contributed by atoms with Crippen LogP contribution in [0.3, 0.4) is 0 Å². The van der Waals surface area contributed by atoms with Crippen molar-refractivity contribution in [1.82, 2.24) is 9.55 Å². The second kappa shape index (κ2) is 6.56. The van der Waals surface area contributed by atoms with Crippen molar-refractivity contribution in [3.8, 4) is 5.75 Å². The van der Waals surface area contributed by atoms with Crippen LogP contribution in [-0.2, 0) is 13.0 Å². The molecule has 0 unspecified atom stereocenters. The van der Waals surface area contributed by atoms with E-state index in [1.165, 1.54) is 0 Å². The highest BCUT2D eigenvalue weighted by molar-refractivity contribution is 6.17. The number of alkyl halides is 4. The molecule has 1 aromatic carbocycles. The highest BCUT2D eigenvalue weighted by atomic mass is 35.5. The lowest BCUT2D eigenvalue weighted by atomic mass is 10.2. The van der Waals surface area contributed by atoms with E-state index in [4.69, 9.17) is 16.3 Å².